The molecule has 96 valence electrons. The third-order valence-corrected chi connectivity index (χ3v) is 4.17. The molecule has 1 aliphatic rings. The van der Waals surface area contributed by atoms with Crippen LogP contribution in [-0.4, -0.2) is 35.6 Å². The predicted octanol–water partition coefficient (Wildman–Crippen LogP) is 2.35. The molecule has 5 nitrogen and oxygen atoms in total. The summed E-state index contributed by atoms with van der Waals surface area (Å²) in [5.74, 6) is -0.377. The predicted molar refractivity (Wildman–Crippen MR) is 70.1 cm³/mol. The minimum Gasteiger partial charge on any atom is -0.478 e. The first-order chi connectivity index (χ1) is 8.56. The lowest BCUT2D eigenvalue weighted by atomic mass is 10.2. The standard InChI is InChI=1S/C11H10BrNO4S/c12-9-2-1-7(3-8(9)10(14)15)18-5-6-4-13-11(16)17-6/h1-3,6H,4-5H2,(H,13,16)(H,14,15). The Kier molecular flexibility index (Phi) is 4.13. The van der Waals surface area contributed by atoms with Gasteiger partial charge in [0.05, 0.1) is 12.1 Å². The molecule has 1 aromatic rings. The molecular formula is C11H10BrNO4S. The van der Waals surface area contributed by atoms with Gasteiger partial charge in [-0.05, 0) is 34.1 Å². The quantitative estimate of drug-likeness (QED) is 0.828. The van der Waals surface area contributed by atoms with Gasteiger partial charge in [-0.25, -0.2) is 9.59 Å². The van der Waals surface area contributed by atoms with Crippen molar-refractivity contribution >= 4 is 39.8 Å². The Hall–Kier alpha value is -1.21. The van der Waals surface area contributed by atoms with Crippen molar-refractivity contribution < 1.29 is 19.4 Å². The number of amides is 1. The molecule has 0 aromatic heterocycles. The number of carbonyl (C=O) groups is 2. The average molecular weight is 332 g/mol. The molecule has 1 saturated heterocycles. The summed E-state index contributed by atoms with van der Waals surface area (Å²) in [7, 11) is 0. The molecule has 1 heterocycles. The highest BCUT2D eigenvalue weighted by molar-refractivity contribution is 9.10. The Balaban J connectivity index is 1.99. The van der Waals surface area contributed by atoms with Crippen LogP contribution in [0.3, 0.4) is 0 Å². The fourth-order valence-electron chi connectivity index (χ4n) is 1.47. The van der Waals surface area contributed by atoms with Crippen LogP contribution in [-0.2, 0) is 4.74 Å². The number of benzene rings is 1. The Morgan fingerprint density at radius 3 is 3.00 bits per heavy atom. The summed E-state index contributed by atoms with van der Waals surface area (Å²) in [4.78, 5) is 22.6. The highest BCUT2D eigenvalue weighted by atomic mass is 79.9. The van der Waals surface area contributed by atoms with Gasteiger partial charge in [0.15, 0.2) is 0 Å². The molecule has 0 radical (unpaired) electrons. The van der Waals surface area contributed by atoms with Crippen molar-refractivity contribution in [3.63, 3.8) is 0 Å². The lowest BCUT2D eigenvalue weighted by Gasteiger charge is -2.08. The second-order valence-corrected chi connectivity index (χ2v) is 5.61. The molecule has 0 bridgehead atoms. The molecule has 0 spiro atoms. The van der Waals surface area contributed by atoms with Crippen molar-refractivity contribution in [1.29, 1.82) is 0 Å². The maximum atomic E-state index is 11.0. The van der Waals surface area contributed by atoms with E-state index in [4.69, 9.17) is 9.84 Å². The minimum atomic E-state index is -0.974. The molecule has 18 heavy (non-hydrogen) atoms. The van der Waals surface area contributed by atoms with E-state index in [1.807, 2.05) is 6.07 Å². The van der Waals surface area contributed by atoms with E-state index < -0.39 is 12.1 Å². The van der Waals surface area contributed by atoms with Crippen molar-refractivity contribution in [3.8, 4) is 0 Å². The maximum absolute atomic E-state index is 11.0. The van der Waals surface area contributed by atoms with Crippen molar-refractivity contribution in [1.82, 2.24) is 5.32 Å². The number of hydrogen-bond acceptors (Lipinski definition) is 4. The van der Waals surface area contributed by atoms with Gasteiger partial charge >= 0.3 is 12.1 Å². The zero-order valence-corrected chi connectivity index (χ0v) is 11.6. The monoisotopic (exact) mass is 331 g/mol. The van der Waals surface area contributed by atoms with Crippen molar-refractivity contribution in [2.75, 3.05) is 12.3 Å². The fraction of sp³-hybridized carbons (Fsp3) is 0.273. The zero-order valence-electron chi connectivity index (χ0n) is 9.18. The van der Waals surface area contributed by atoms with E-state index in [0.29, 0.717) is 16.8 Å². The number of alkyl carbamates (subject to hydrolysis) is 1. The molecule has 1 fully saturated rings. The summed E-state index contributed by atoms with van der Waals surface area (Å²) in [5.41, 5.74) is 0.224. The summed E-state index contributed by atoms with van der Waals surface area (Å²) < 4.78 is 5.54. The minimum absolute atomic E-state index is 0.167. The van der Waals surface area contributed by atoms with Crippen LogP contribution < -0.4 is 5.32 Å². The molecule has 0 saturated carbocycles. The smallest absolute Gasteiger partial charge is 0.407 e. The molecule has 2 N–H and O–H groups in total. The highest BCUT2D eigenvalue weighted by Gasteiger charge is 2.22. The number of ether oxygens (including phenoxy) is 1. The van der Waals surface area contributed by atoms with Crippen LogP contribution in [0.5, 0.6) is 0 Å². The van der Waals surface area contributed by atoms with Crippen LogP contribution in [0.1, 0.15) is 10.4 Å². The first-order valence-electron chi connectivity index (χ1n) is 5.16. The Morgan fingerprint density at radius 2 is 2.39 bits per heavy atom. The van der Waals surface area contributed by atoms with Crippen LogP contribution in [0.15, 0.2) is 27.6 Å². The van der Waals surface area contributed by atoms with Crippen LogP contribution >= 0.6 is 27.7 Å². The molecular weight excluding hydrogens is 322 g/mol. The van der Waals surface area contributed by atoms with Gasteiger partial charge in [-0.3, -0.25) is 0 Å². The lowest BCUT2D eigenvalue weighted by molar-refractivity contribution is 0.0695. The summed E-state index contributed by atoms with van der Waals surface area (Å²) in [6.45, 7) is 0.494. The number of hydrogen-bond donors (Lipinski definition) is 2. The van der Waals surface area contributed by atoms with Crippen LogP contribution in [0.2, 0.25) is 0 Å². The second-order valence-electron chi connectivity index (χ2n) is 3.67. The summed E-state index contributed by atoms with van der Waals surface area (Å²) in [5, 5.41) is 11.6. The lowest BCUT2D eigenvalue weighted by Crippen LogP contribution is -2.16. The number of nitrogens with one attached hydrogen (secondary N) is 1. The topological polar surface area (TPSA) is 75.6 Å². The number of carboxylic acid groups (broad SMARTS) is 1. The summed E-state index contributed by atoms with van der Waals surface area (Å²) >= 11 is 4.65. The Bertz CT molecular complexity index is 494. The molecule has 7 heteroatoms. The van der Waals surface area contributed by atoms with E-state index in [2.05, 4.69) is 21.2 Å². The van der Waals surface area contributed by atoms with E-state index in [1.54, 1.807) is 12.1 Å². The number of halogens is 1. The SMILES string of the molecule is O=C1NCC(CSc2ccc(Br)c(C(=O)O)c2)O1. The van der Waals surface area contributed by atoms with E-state index in [9.17, 15) is 9.59 Å². The largest absolute Gasteiger partial charge is 0.478 e. The van der Waals surface area contributed by atoms with Gasteiger partial charge in [0, 0.05) is 15.1 Å². The normalized spacial score (nSPS) is 18.3. The van der Waals surface area contributed by atoms with Gasteiger partial charge in [0.2, 0.25) is 0 Å². The first kappa shape index (κ1) is 13.2. The number of rotatable bonds is 4. The van der Waals surface area contributed by atoms with Gasteiger partial charge in [0.25, 0.3) is 0 Å². The van der Waals surface area contributed by atoms with Crippen molar-refractivity contribution in [3.05, 3.63) is 28.2 Å². The number of aromatic carboxylic acids is 1. The number of carbonyl (C=O) groups excluding carboxylic acids is 1. The van der Waals surface area contributed by atoms with Crippen LogP contribution in [0.25, 0.3) is 0 Å². The third kappa shape index (κ3) is 3.17. The van der Waals surface area contributed by atoms with E-state index >= 15 is 0 Å². The van der Waals surface area contributed by atoms with Gasteiger partial charge in [-0.1, -0.05) is 0 Å². The van der Waals surface area contributed by atoms with E-state index in [1.165, 1.54) is 11.8 Å². The molecule has 1 unspecified atom stereocenters. The third-order valence-electron chi connectivity index (χ3n) is 2.35. The molecule has 1 amide bonds. The first-order valence-corrected chi connectivity index (χ1v) is 6.94. The van der Waals surface area contributed by atoms with E-state index in [-0.39, 0.29) is 11.7 Å². The van der Waals surface area contributed by atoms with Gasteiger partial charge in [-0.2, -0.15) is 0 Å². The summed E-state index contributed by atoms with van der Waals surface area (Å²) in [6, 6.07) is 5.12. The Labute approximate surface area is 116 Å². The molecule has 1 aliphatic heterocycles. The second kappa shape index (κ2) is 5.62. The maximum Gasteiger partial charge on any atom is 0.407 e. The Morgan fingerprint density at radius 1 is 1.61 bits per heavy atom. The molecule has 0 aliphatic carbocycles. The van der Waals surface area contributed by atoms with Crippen LogP contribution in [0, 0.1) is 0 Å². The average Bonchev–Trinajstić information content (AvgIpc) is 2.74. The van der Waals surface area contributed by atoms with Gasteiger partial charge in [0.1, 0.15) is 6.10 Å². The van der Waals surface area contributed by atoms with Crippen molar-refractivity contribution in [2.45, 2.75) is 11.0 Å². The number of thioether (sulfide) groups is 1. The van der Waals surface area contributed by atoms with E-state index in [0.717, 1.165) is 4.90 Å². The number of carboxylic acids is 1. The summed E-state index contributed by atoms with van der Waals surface area (Å²) in [6.07, 6.45) is -0.568. The van der Waals surface area contributed by atoms with Crippen LogP contribution in [0.4, 0.5) is 4.79 Å². The fourth-order valence-corrected chi connectivity index (χ4v) is 2.82. The zero-order chi connectivity index (χ0) is 13.1. The van der Waals surface area contributed by atoms with Crippen molar-refractivity contribution in [2.24, 2.45) is 0 Å². The molecule has 1 aromatic carbocycles. The highest BCUT2D eigenvalue weighted by Crippen LogP contribution is 2.26. The molecule has 2 rings (SSSR count). The molecule has 1 atom stereocenters. The number of cyclic esters (lactones) is 1. The van der Waals surface area contributed by atoms with Gasteiger partial charge in [-0.15, -0.1) is 11.8 Å². The van der Waals surface area contributed by atoms with Gasteiger partial charge < -0.3 is 15.2 Å².